The zero-order valence-electron chi connectivity index (χ0n) is 17.4. The highest BCUT2D eigenvalue weighted by molar-refractivity contribution is 5.98. The summed E-state index contributed by atoms with van der Waals surface area (Å²) in [6, 6.07) is 12.3. The minimum absolute atomic E-state index is 0.0914. The fourth-order valence-corrected chi connectivity index (χ4v) is 4.62. The van der Waals surface area contributed by atoms with Gasteiger partial charge in [0.05, 0.1) is 17.8 Å². The number of rotatable bonds is 6. The molecule has 2 N–H and O–H groups in total. The molecule has 1 atom stereocenters. The van der Waals surface area contributed by atoms with Crippen LogP contribution in [0.1, 0.15) is 66.7 Å². The summed E-state index contributed by atoms with van der Waals surface area (Å²) in [5.41, 5.74) is 7.12. The first-order chi connectivity index (χ1) is 14.0. The molecule has 0 spiro atoms. The molecular formula is C25H29NO3. The topological polar surface area (TPSA) is 62.3 Å². The molecule has 0 aliphatic carbocycles. The Hall–Kier alpha value is -2.43. The number of ether oxygens (including phenoxy) is 1. The number of H-pyrrole nitrogens is 1. The number of benzene rings is 2. The van der Waals surface area contributed by atoms with Crippen molar-refractivity contribution in [1.82, 2.24) is 4.98 Å². The van der Waals surface area contributed by atoms with Crippen LogP contribution in [-0.4, -0.2) is 29.6 Å². The summed E-state index contributed by atoms with van der Waals surface area (Å²) >= 11 is 0. The lowest BCUT2D eigenvalue weighted by molar-refractivity contribution is -0.0795. The van der Waals surface area contributed by atoms with Crippen molar-refractivity contribution >= 4 is 17.2 Å². The Morgan fingerprint density at radius 3 is 2.79 bits per heavy atom. The van der Waals surface area contributed by atoms with Crippen molar-refractivity contribution in [3.63, 3.8) is 0 Å². The van der Waals surface area contributed by atoms with Crippen molar-refractivity contribution in [3.05, 3.63) is 58.8 Å². The van der Waals surface area contributed by atoms with E-state index in [0.29, 0.717) is 24.5 Å². The molecule has 2 heterocycles. The van der Waals surface area contributed by atoms with Crippen LogP contribution < -0.4 is 0 Å². The van der Waals surface area contributed by atoms with E-state index < -0.39 is 5.60 Å². The molecule has 4 heteroatoms. The van der Waals surface area contributed by atoms with Gasteiger partial charge in [-0.15, -0.1) is 0 Å². The average Bonchev–Trinajstić information content (AvgIpc) is 3.13. The van der Waals surface area contributed by atoms with Crippen LogP contribution in [0, 0.1) is 0 Å². The number of fused-ring (bicyclic) bond motifs is 3. The normalized spacial score (nSPS) is 18.9. The number of aromatic nitrogens is 1. The predicted molar refractivity (Wildman–Crippen MR) is 117 cm³/mol. The molecule has 0 saturated heterocycles. The largest absolute Gasteiger partial charge is 0.396 e. The summed E-state index contributed by atoms with van der Waals surface area (Å²) in [6.45, 7) is 7.28. The Morgan fingerprint density at radius 1 is 1.28 bits per heavy atom. The van der Waals surface area contributed by atoms with Gasteiger partial charge in [0, 0.05) is 29.5 Å². The van der Waals surface area contributed by atoms with Crippen LogP contribution in [-0.2, 0) is 16.8 Å². The second kappa shape index (κ2) is 7.77. The molecular weight excluding hydrogens is 362 g/mol. The zero-order chi connectivity index (χ0) is 20.6. The summed E-state index contributed by atoms with van der Waals surface area (Å²) in [5, 5.41) is 10.9. The van der Waals surface area contributed by atoms with E-state index in [-0.39, 0.29) is 6.61 Å². The summed E-state index contributed by atoms with van der Waals surface area (Å²) in [5.74, 6) is 0.395. The number of hydrogen-bond donors (Lipinski definition) is 2. The molecule has 0 bridgehead atoms. The van der Waals surface area contributed by atoms with Crippen LogP contribution in [0.5, 0.6) is 0 Å². The van der Waals surface area contributed by atoms with Crippen LogP contribution in [0.3, 0.4) is 0 Å². The molecule has 152 valence electrons. The van der Waals surface area contributed by atoms with Gasteiger partial charge in [-0.2, -0.15) is 0 Å². The highest BCUT2D eigenvalue weighted by Crippen LogP contribution is 2.44. The number of aldehydes is 1. The van der Waals surface area contributed by atoms with Crippen molar-refractivity contribution in [1.29, 1.82) is 0 Å². The van der Waals surface area contributed by atoms with Crippen molar-refractivity contribution in [3.8, 4) is 11.1 Å². The van der Waals surface area contributed by atoms with E-state index in [1.807, 2.05) is 18.2 Å². The summed E-state index contributed by atoms with van der Waals surface area (Å²) in [7, 11) is 0. The van der Waals surface area contributed by atoms with Gasteiger partial charge < -0.3 is 14.8 Å². The van der Waals surface area contributed by atoms with Crippen LogP contribution in [0.15, 0.2) is 36.4 Å². The first-order valence-corrected chi connectivity index (χ1v) is 10.5. The molecule has 29 heavy (non-hydrogen) atoms. The number of aliphatic hydroxyl groups excluding tert-OH is 1. The van der Waals surface area contributed by atoms with Crippen LogP contribution in [0.25, 0.3) is 22.0 Å². The number of nitrogens with one attached hydrogen (secondary N) is 1. The molecule has 1 aromatic heterocycles. The molecule has 0 saturated carbocycles. The van der Waals surface area contributed by atoms with E-state index in [9.17, 15) is 9.90 Å². The molecule has 1 aliphatic heterocycles. The number of hydrogen-bond acceptors (Lipinski definition) is 3. The maximum absolute atomic E-state index is 11.3. The average molecular weight is 392 g/mol. The Bertz CT molecular complexity index is 1050. The van der Waals surface area contributed by atoms with Crippen molar-refractivity contribution < 1.29 is 14.6 Å². The molecule has 4 nitrogen and oxygen atoms in total. The third-order valence-electron chi connectivity index (χ3n) is 6.31. The zero-order valence-corrected chi connectivity index (χ0v) is 17.4. The SMILES string of the molecule is CCC1(CCO)OCCc2c1[nH]c1c(-c3cccc(C=O)c3)cc(C(C)C)cc21. The Labute approximate surface area is 171 Å². The fourth-order valence-electron chi connectivity index (χ4n) is 4.62. The van der Waals surface area contributed by atoms with Gasteiger partial charge in [-0.3, -0.25) is 4.79 Å². The van der Waals surface area contributed by atoms with E-state index in [2.05, 4.69) is 44.0 Å². The summed E-state index contributed by atoms with van der Waals surface area (Å²) in [6.07, 6.45) is 3.14. The number of carbonyl (C=O) groups excluding carboxylic acids is 1. The molecule has 2 aromatic carbocycles. The summed E-state index contributed by atoms with van der Waals surface area (Å²) < 4.78 is 6.23. The van der Waals surface area contributed by atoms with E-state index >= 15 is 0 Å². The smallest absolute Gasteiger partial charge is 0.150 e. The van der Waals surface area contributed by atoms with Gasteiger partial charge in [0.15, 0.2) is 0 Å². The van der Waals surface area contributed by atoms with Gasteiger partial charge in [-0.05, 0) is 53.6 Å². The third-order valence-corrected chi connectivity index (χ3v) is 6.31. The lowest BCUT2D eigenvalue weighted by Crippen LogP contribution is -2.36. The van der Waals surface area contributed by atoms with Crippen molar-refractivity contribution in [2.75, 3.05) is 13.2 Å². The number of aromatic amines is 1. The first kappa shape index (κ1) is 19.9. The lowest BCUT2D eigenvalue weighted by Gasteiger charge is -2.36. The second-order valence-corrected chi connectivity index (χ2v) is 8.29. The third kappa shape index (κ3) is 3.30. The number of carbonyl (C=O) groups is 1. The monoisotopic (exact) mass is 391 g/mol. The van der Waals surface area contributed by atoms with Gasteiger partial charge >= 0.3 is 0 Å². The minimum atomic E-state index is -0.471. The van der Waals surface area contributed by atoms with Crippen LogP contribution in [0.2, 0.25) is 0 Å². The van der Waals surface area contributed by atoms with Crippen molar-refractivity contribution in [2.24, 2.45) is 0 Å². The summed E-state index contributed by atoms with van der Waals surface area (Å²) in [4.78, 5) is 15.0. The highest BCUT2D eigenvalue weighted by Gasteiger charge is 2.38. The minimum Gasteiger partial charge on any atom is -0.396 e. The molecule has 1 aliphatic rings. The Balaban J connectivity index is 2.03. The lowest BCUT2D eigenvalue weighted by atomic mass is 9.86. The molecule has 0 amide bonds. The van der Waals surface area contributed by atoms with E-state index in [0.717, 1.165) is 41.5 Å². The van der Waals surface area contributed by atoms with E-state index in [1.165, 1.54) is 16.5 Å². The van der Waals surface area contributed by atoms with E-state index in [1.54, 1.807) is 0 Å². The predicted octanol–water partition coefficient (Wildman–Crippen LogP) is 5.33. The van der Waals surface area contributed by atoms with Gasteiger partial charge in [0.2, 0.25) is 0 Å². The van der Waals surface area contributed by atoms with Gasteiger partial charge in [0.25, 0.3) is 0 Å². The quantitative estimate of drug-likeness (QED) is 0.558. The van der Waals surface area contributed by atoms with Gasteiger partial charge in [0.1, 0.15) is 11.9 Å². The highest BCUT2D eigenvalue weighted by atomic mass is 16.5. The number of aliphatic hydroxyl groups is 1. The Morgan fingerprint density at radius 2 is 2.10 bits per heavy atom. The molecule has 0 fully saturated rings. The van der Waals surface area contributed by atoms with E-state index in [4.69, 9.17) is 4.74 Å². The van der Waals surface area contributed by atoms with Gasteiger partial charge in [-0.1, -0.05) is 39.0 Å². The maximum atomic E-state index is 11.3. The molecule has 1 unspecified atom stereocenters. The first-order valence-electron chi connectivity index (χ1n) is 10.5. The molecule has 0 radical (unpaired) electrons. The molecule has 3 aromatic rings. The van der Waals surface area contributed by atoms with Gasteiger partial charge in [-0.25, -0.2) is 0 Å². The standard InChI is InChI=1S/C25H29NO3/c1-4-25(9-10-27)24-20(8-11-29-25)22-14-19(16(2)3)13-21(23(22)26-24)18-7-5-6-17(12-18)15-28/h5-7,12-16,26-27H,4,8-11H2,1-3H3. The Kier molecular flexibility index (Phi) is 5.32. The maximum Gasteiger partial charge on any atom is 0.150 e. The fraction of sp³-hybridized carbons (Fsp3) is 0.400. The molecule has 4 rings (SSSR count). The second-order valence-electron chi connectivity index (χ2n) is 8.29. The van der Waals surface area contributed by atoms with Crippen LogP contribution >= 0.6 is 0 Å². The van der Waals surface area contributed by atoms with Crippen molar-refractivity contribution in [2.45, 2.75) is 51.6 Å². The van der Waals surface area contributed by atoms with Crippen LogP contribution in [0.4, 0.5) is 0 Å².